The second kappa shape index (κ2) is 7.14. The summed E-state index contributed by atoms with van der Waals surface area (Å²) in [4.78, 5) is 14.5. The molecule has 0 bridgehead atoms. The van der Waals surface area contributed by atoms with Gasteiger partial charge in [0.15, 0.2) is 0 Å². The average Bonchev–Trinajstić information content (AvgIpc) is 2.51. The summed E-state index contributed by atoms with van der Waals surface area (Å²) in [5, 5.41) is 0. The van der Waals surface area contributed by atoms with E-state index < -0.39 is 0 Å². The van der Waals surface area contributed by atoms with Gasteiger partial charge in [0.1, 0.15) is 5.75 Å². The molecule has 0 radical (unpaired) electrons. The highest BCUT2D eigenvalue weighted by atomic mass is 16.5. The maximum absolute atomic E-state index is 12.6. The molecule has 1 unspecified atom stereocenters. The molecule has 21 heavy (non-hydrogen) atoms. The molecule has 0 saturated carbocycles. The summed E-state index contributed by atoms with van der Waals surface area (Å²) in [6, 6.07) is 5.39. The van der Waals surface area contributed by atoms with E-state index in [-0.39, 0.29) is 12.5 Å². The quantitative estimate of drug-likeness (QED) is 0.845. The van der Waals surface area contributed by atoms with Crippen LogP contribution in [0.15, 0.2) is 18.2 Å². The first kappa shape index (κ1) is 15.4. The van der Waals surface area contributed by atoms with Gasteiger partial charge in [0.25, 0.3) is 5.91 Å². The molecular weight excluding hydrogens is 264 g/mol. The number of carbonyl (C=O) groups excluding carboxylic acids is 1. The molecule has 4 nitrogen and oxygen atoms in total. The predicted molar refractivity (Wildman–Crippen MR) is 83.2 cm³/mol. The number of nitrogens with zero attached hydrogens (tertiary/aromatic N) is 1. The summed E-state index contributed by atoms with van der Waals surface area (Å²) >= 11 is 0. The van der Waals surface area contributed by atoms with E-state index >= 15 is 0 Å². The van der Waals surface area contributed by atoms with Crippen LogP contribution in [0.5, 0.6) is 5.75 Å². The van der Waals surface area contributed by atoms with Gasteiger partial charge in [-0.1, -0.05) is 18.8 Å². The van der Waals surface area contributed by atoms with Crippen LogP contribution in [0.2, 0.25) is 0 Å². The van der Waals surface area contributed by atoms with Crippen molar-refractivity contribution < 1.29 is 9.53 Å². The molecule has 1 fully saturated rings. The molecule has 112 valence electrons. The number of rotatable bonds is 2. The zero-order chi connectivity index (χ0) is 15.2. The van der Waals surface area contributed by atoms with Gasteiger partial charge in [-0.2, -0.15) is 0 Å². The Kier molecular flexibility index (Phi) is 5.24. The van der Waals surface area contributed by atoms with Crippen LogP contribution in [0, 0.1) is 17.8 Å². The Labute approximate surface area is 126 Å². The lowest BCUT2D eigenvalue weighted by molar-refractivity contribution is 0.0683. The lowest BCUT2D eigenvalue weighted by Gasteiger charge is -2.31. The molecule has 1 amide bonds. The van der Waals surface area contributed by atoms with Gasteiger partial charge in [-0.3, -0.25) is 4.79 Å². The van der Waals surface area contributed by atoms with Crippen molar-refractivity contribution in [3.05, 3.63) is 29.3 Å². The van der Waals surface area contributed by atoms with Gasteiger partial charge in [-0.15, -0.1) is 0 Å². The summed E-state index contributed by atoms with van der Waals surface area (Å²) in [5.74, 6) is 7.07. The van der Waals surface area contributed by atoms with Gasteiger partial charge in [0.2, 0.25) is 0 Å². The minimum absolute atomic E-state index is 0.0694. The molecule has 0 aliphatic carbocycles. The molecule has 0 aromatic heterocycles. The second-order valence-electron chi connectivity index (χ2n) is 5.42. The molecule has 1 aliphatic rings. The van der Waals surface area contributed by atoms with E-state index in [0.717, 1.165) is 19.5 Å². The van der Waals surface area contributed by atoms with E-state index in [4.69, 9.17) is 10.5 Å². The van der Waals surface area contributed by atoms with Gasteiger partial charge >= 0.3 is 0 Å². The number of benzene rings is 1. The number of likely N-dealkylation sites (tertiary alicyclic amines) is 1. The molecule has 1 heterocycles. The number of amides is 1. The summed E-state index contributed by atoms with van der Waals surface area (Å²) in [6.07, 6.45) is 2.27. The summed E-state index contributed by atoms with van der Waals surface area (Å²) in [5.41, 5.74) is 6.77. The molecule has 1 aromatic rings. The van der Waals surface area contributed by atoms with Crippen molar-refractivity contribution in [2.45, 2.75) is 19.8 Å². The van der Waals surface area contributed by atoms with Crippen LogP contribution < -0.4 is 10.5 Å². The SMILES string of the molecule is COc1ccc(C(=O)N2CCCC(C)C2)cc1C#CCN. The highest BCUT2D eigenvalue weighted by Crippen LogP contribution is 2.22. The summed E-state index contributed by atoms with van der Waals surface area (Å²) in [6.45, 7) is 4.13. The fourth-order valence-electron chi connectivity index (χ4n) is 2.64. The van der Waals surface area contributed by atoms with Crippen molar-refractivity contribution in [2.24, 2.45) is 11.7 Å². The lowest BCUT2D eigenvalue weighted by atomic mass is 9.99. The number of hydrogen-bond donors (Lipinski definition) is 1. The van der Waals surface area contributed by atoms with Crippen molar-refractivity contribution in [3.8, 4) is 17.6 Å². The van der Waals surface area contributed by atoms with E-state index in [2.05, 4.69) is 18.8 Å². The smallest absolute Gasteiger partial charge is 0.253 e. The molecule has 0 spiro atoms. The van der Waals surface area contributed by atoms with Crippen LogP contribution >= 0.6 is 0 Å². The van der Waals surface area contributed by atoms with E-state index in [1.54, 1.807) is 25.3 Å². The third-order valence-electron chi connectivity index (χ3n) is 3.72. The number of ether oxygens (including phenoxy) is 1. The van der Waals surface area contributed by atoms with Gasteiger partial charge in [0, 0.05) is 18.7 Å². The number of nitrogens with two attached hydrogens (primary N) is 1. The first-order valence-electron chi connectivity index (χ1n) is 7.32. The van der Waals surface area contributed by atoms with Crippen molar-refractivity contribution in [1.29, 1.82) is 0 Å². The monoisotopic (exact) mass is 286 g/mol. The number of carbonyl (C=O) groups is 1. The molecule has 4 heteroatoms. The molecular formula is C17H22N2O2. The highest BCUT2D eigenvalue weighted by Gasteiger charge is 2.22. The minimum atomic E-state index is 0.0694. The molecule has 1 aromatic carbocycles. The van der Waals surface area contributed by atoms with Gasteiger partial charge < -0.3 is 15.4 Å². The maximum atomic E-state index is 12.6. The van der Waals surface area contributed by atoms with Crippen LogP contribution in [0.1, 0.15) is 35.7 Å². The summed E-state index contributed by atoms with van der Waals surface area (Å²) < 4.78 is 5.27. The normalized spacial score (nSPS) is 17.9. The largest absolute Gasteiger partial charge is 0.495 e. The topological polar surface area (TPSA) is 55.6 Å². The Morgan fingerprint density at radius 2 is 2.33 bits per heavy atom. The van der Waals surface area contributed by atoms with Crippen molar-refractivity contribution in [2.75, 3.05) is 26.7 Å². The zero-order valence-electron chi connectivity index (χ0n) is 12.7. The Balaban J connectivity index is 2.24. The number of hydrogen-bond acceptors (Lipinski definition) is 3. The third-order valence-corrected chi connectivity index (χ3v) is 3.72. The molecule has 1 saturated heterocycles. The van der Waals surface area contributed by atoms with Crippen molar-refractivity contribution >= 4 is 5.91 Å². The molecule has 1 aliphatic heterocycles. The summed E-state index contributed by atoms with van der Waals surface area (Å²) in [7, 11) is 1.59. The predicted octanol–water partition coefficient (Wildman–Crippen LogP) is 1.88. The fraction of sp³-hybridized carbons (Fsp3) is 0.471. The Morgan fingerprint density at radius 3 is 3.00 bits per heavy atom. The standard InChI is InChI=1S/C17H22N2O2/c1-13-5-4-10-19(12-13)17(20)15-7-8-16(21-2)14(11-15)6-3-9-18/h7-8,11,13H,4-5,9-10,12,18H2,1-2H3. The molecule has 2 N–H and O–H groups in total. The highest BCUT2D eigenvalue weighted by molar-refractivity contribution is 5.95. The van der Waals surface area contributed by atoms with Crippen LogP contribution in [0.25, 0.3) is 0 Å². The number of methoxy groups -OCH3 is 1. The minimum Gasteiger partial charge on any atom is -0.495 e. The Morgan fingerprint density at radius 1 is 1.52 bits per heavy atom. The van der Waals surface area contributed by atoms with Crippen LogP contribution in [-0.2, 0) is 0 Å². The lowest BCUT2D eigenvalue weighted by Crippen LogP contribution is -2.39. The Bertz CT molecular complexity index is 572. The zero-order valence-corrected chi connectivity index (χ0v) is 12.7. The molecule has 1 atom stereocenters. The van der Waals surface area contributed by atoms with E-state index in [0.29, 0.717) is 22.8 Å². The molecule has 2 rings (SSSR count). The van der Waals surface area contributed by atoms with Crippen molar-refractivity contribution in [1.82, 2.24) is 4.90 Å². The average molecular weight is 286 g/mol. The van der Waals surface area contributed by atoms with E-state index in [1.807, 2.05) is 4.90 Å². The fourth-order valence-corrected chi connectivity index (χ4v) is 2.64. The van der Waals surface area contributed by atoms with Crippen LogP contribution in [0.3, 0.4) is 0 Å². The van der Waals surface area contributed by atoms with E-state index in [9.17, 15) is 4.79 Å². The second-order valence-corrected chi connectivity index (χ2v) is 5.42. The Hall–Kier alpha value is -1.99. The van der Waals surface area contributed by atoms with Crippen LogP contribution in [-0.4, -0.2) is 37.6 Å². The van der Waals surface area contributed by atoms with Gasteiger partial charge in [-0.25, -0.2) is 0 Å². The van der Waals surface area contributed by atoms with E-state index in [1.165, 1.54) is 6.42 Å². The third kappa shape index (κ3) is 3.77. The first-order chi connectivity index (χ1) is 10.2. The number of piperidine rings is 1. The maximum Gasteiger partial charge on any atom is 0.253 e. The van der Waals surface area contributed by atoms with Crippen molar-refractivity contribution in [3.63, 3.8) is 0 Å². The first-order valence-corrected chi connectivity index (χ1v) is 7.32. The van der Waals surface area contributed by atoms with Gasteiger partial charge in [0.05, 0.1) is 19.2 Å². The van der Waals surface area contributed by atoms with Crippen LogP contribution in [0.4, 0.5) is 0 Å². The van der Waals surface area contributed by atoms with Gasteiger partial charge in [-0.05, 0) is 37.0 Å².